The molecule has 1 aromatic rings. The zero-order chi connectivity index (χ0) is 25.8. The van der Waals surface area contributed by atoms with Crippen LogP contribution in [0.3, 0.4) is 0 Å². The zero-order valence-electron chi connectivity index (χ0n) is 19.9. The van der Waals surface area contributed by atoms with Gasteiger partial charge in [-0.3, -0.25) is 28.7 Å². The van der Waals surface area contributed by atoms with Gasteiger partial charge in [0.05, 0.1) is 6.10 Å². The largest absolute Gasteiger partial charge is 0.459 e. The number of rotatable bonds is 7. The minimum Gasteiger partial charge on any atom is -0.459 e. The number of aromatic nitrogens is 2. The molecule has 0 radical (unpaired) electrons. The van der Waals surface area contributed by atoms with E-state index < -0.39 is 53.8 Å². The van der Waals surface area contributed by atoms with Gasteiger partial charge in [-0.15, -0.1) is 0 Å². The van der Waals surface area contributed by atoms with Gasteiger partial charge in [0.15, 0.2) is 11.9 Å². The molecule has 0 saturated carbocycles. The number of hydrogen-bond donors (Lipinski definition) is 4. The van der Waals surface area contributed by atoms with Gasteiger partial charge >= 0.3 is 5.69 Å². The SMILES string of the molecule is CC1CCCC(NC(=O)C2=CCCC(OC(C(N)=O)C3CCC(n4ccc(=O)[nH]c4=O)O3)O2)C(=O)N1. The monoisotopic (exact) mass is 505 g/mol. The summed E-state index contributed by atoms with van der Waals surface area (Å²) in [5, 5.41) is 5.57. The molecule has 3 aliphatic rings. The number of allylic oxidation sites excluding steroid dienone is 1. The maximum atomic E-state index is 12.8. The summed E-state index contributed by atoms with van der Waals surface area (Å²) in [5.41, 5.74) is 4.42. The van der Waals surface area contributed by atoms with Gasteiger partial charge in [0.1, 0.15) is 12.3 Å². The summed E-state index contributed by atoms with van der Waals surface area (Å²) in [6, 6.07) is 0.592. The molecular weight excluding hydrogens is 474 g/mol. The molecule has 2 saturated heterocycles. The van der Waals surface area contributed by atoms with Crippen LogP contribution >= 0.6 is 0 Å². The van der Waals surface area contributed by atoms with Crippen molar-refractivity contribution in [3.63, 3.8) is 0 Å². The van der Waals surface area contributed by atoms with Crippen molar-refractivity contribution >= 4 is 17.7 Å². The normalized spacial score (nSPS) is 29.3. The molecule has 6 atom stereocenters. The lowest BCUT2D eigenvalue weighted by molar-refractivity contribution is -0.194. The second-order valence-electron chi connectivity index (χ2n) is 9.24. The number of primary amides is 1. The lowest BCUT2D eigenvalue weighted by Crippen LogP contribution is -2.48. The van der Waals surface area contributed by atoms with Crippen molar-refractivity contribution in [3.8, 4) is 0 Å². The molecule has 5 N–H and O–H groups in total. The molecular formula is C23H31N5O8. The minimum atomic E-state index is -1.19. The lowest BCUT2D eigenvalue weighted by Gasteiger charge is -2.30. The van der Waals surface area contributed by atoms with Gasteiger partial charge in [0, 0.05) is 24.7 Å². The van der Waals surface area contributed by atoms with E-state index in [2.05, 4.69) is 15.6 Å². The fraction of sp³-hybridized carbons (Fsp3) is 0.609. The van der Waals surface area contributed by atoms with E-state index in [4.69, 9.17) is 19.9 Å². The van der Waals surface area contributed by atoms with E-state index in [0.717, 1.165) is 12.8 Å². The number of carbonyl (C=O) groups excluding carboxylic acids is 3. The number of aromatic amines is 1. The fourth-order valence-corrected chi connectivity index (χ4v) is 4.61. The molecule has 1 aromatic heterocycles. The Balaban J connectivity index is 1.36. The maximum Gasteiger partial charge on any atom is 0.330 e. The van der Waals surface area contributed by atoms with E-state index in [1.165, 1.54) is 16.8 Å². The highest BCUT2D eigenvalue weighted by Crippen LogP contribution is 2.31. The number of nitrogens with one attached hydrogen (secondary N) is 3. The number of amides is 3. The van der Waals surface area contributed by atoms with E-state index in [0.29, 0.717) is 32.1 Å². The number of nitrogens with zero attached hydrogens (tertiary/aromatic N) is 1. The predicted molar refractivity (Wildman–Crippen MR) is 124 cm³/mol. The zero-order valence-corrected chi connectivity index (χ0v) is 19.9. The Morgan fingerprint density at radius 1 is 1.19 bits per heavy atom. The molecule has 0 bridgehead atoms. The molecule has 0 aromatic carbocycles. The maximum absolute atomic E-state index is 12.8. The smallest absolute Gasteiger partial charge is 0.330 e. The molecule has 2 fully saturated rings. The molecule has 3 amide bonds. The Hall–Kier alpha value is -3.45. The third-order valence-corrected chi connectivity index (χ3v) is 6.46. The topological polar surface area (TPSA) is 184 Å². The quantitative estimate of drug-likeness (QED) is 0.374. The van der Waals surface area contributed by atoms with Crippen LogP contribution in [-0.4, -0.2) is 57.9 Å². The van der Waals surface area contributed by atoms with E-state index in [-0.39, 0.29) is 17.7 Å². The predicted octanol–water partition coefficient (Wildman–Crippen LogP) is -0.721. The van der Waals surface area contributed by atoms with Crippen LogP contribution in [0, 0.1) is 0 Å². The summed E-state index contributed by atoms with van der Waals surface area (Å²) < 4.78 is 18.6. The molecule has 36 heavy (non-hydrogen) atoms. The highest BCUT2D eigenvalue weighted by atomic mass is 16.7. The van der Waals surface area contributed by atoms with Crippen molar-refractivity contribution in [1.82, 2.24) is 20.2 Å². The first-order valence-electron chi connectivity index (χ1n) is 12.1. The van der Waals surface area contributed by atoms with Crippen molar-refractivity contribution in [1.29, 1.82) is 0 Å². The number of ether oxygens (including phenoxy) is 3. The van der Waals surface area contributed by atoms with Crippen molar-refractivity contribution < 1.29 is 28.6 Å². The highest BCUT2D eigenvalue weighted by Gasteiger charge is 2.39. The Kier molecular flexibility index (Phi) is 7.89. The number of hydrogen-bond acceptors (Lipinski definition) is 8. The molecule has 3 aliphatic heterocycles. The van der Waals surface area contributed by atoms with Crippen molar-refractivity contribution in [2.45, 2.75) is 88.7 Å². The van der Waals surface area contributed by atoms with Gasteiger partial charge in [-0.1, -0.05) is 0 Å². The van der Waals surface area contributed by atoms with Crippen LogP contribution in [0.2, 0.25) is 0 Å². The number of H-pyrrole nitrogens is 1. The summed E-state index contributed by atoms with van der Waals surface area (Å²) in [4.78, 5) is 62.8. The Morgan fingerprint density at radius 3 is 2.75 bits per heavy atom. The summed E-state index contributed by atoms with van der Waals surface area (Å²) >= 11 is 0. The first-order chi connectivity index (χ1) is 17.2. The van der Waals surface area contributed by atoms with Gasteiger partial charge in [0.25, 0.3) is 11.5 Å². The Labute approximate surface area is 206 Å². The number of carbonyl (C=O) groups is 3. The third kappa shape index (κ3) is 6.02. The van der Waals surface area contributed by atoms with Crippen LogP contribution in [0.1, 0.15) is 58.1 Å². The molecule has 13 nitrogen and oxygen atoms in total. The van der Waals surface area contributed by atoms with Gasteiger partial charge < -0.3 is 30.6 Å². The molecule has 0 spiro atoms. The average molecular weight is 506 g/mol. The van der Waals surface area contributed by atoms with Gasteiger partial charge in [-0.05, 0) is 51.5 Å². The Bertz CT molecular complexity index is 1140. The third-order valence-electron chi connectivity index (χ3n) is 6.46. The van der Waals surface area contributed by atoms with Crippen LogP contribution in [0.25, 0.3) is 0 Å². The van der Waals surface area contributed by atoms with Crippen molar-refractivity contribution in [2.75, 3.05) is 0 Å². The summed E-state index contributed by atoms with van der Waals surface area (Å²) in [7, 11) is 0. The van der Waals surface area contributed by atoms with Crippen molar-refractivity contribution in [2.24, 2.45) is 5.73 Å². The first-order valence-corrected chi connectivity index (χ1v) is 12.1. The van der Waals surface area contributed by atoms with Gasteiger partial charge in [0.2, 0.25) is 18.1 Å². The lowest BCUT2D eigenvalue weighted by atomic mass is 10.1. The van der Waals surface area contributed by atoms with Crippen LogP contribution in [-0.2, 0) is 28.6 Å². The molecule has 4 heterocycles. The minimum absolute atomic E-state index is 0.00424. The van der Waals surface area contributed by atoms with E-state index >= 15 is 0 Å². The van der Waals surface area contributed by atoms with E-state index in [9.17, 15) is 24.0 Å². The van der Waals surface area contributed by atoms with E-state index in [1.54, 1.807) is 6.08 Å². The average Bonchev–Trinajstić information content (AvgIpc) is 3.24. The molecule has 0 aliphatic carbocycles. The second kappa shape index (κ2) is 11.1. The highest BCUT2D eigenvalue weighted by molar-refractivity contribution is 5.95. The molecule has 13 heteroatoms. The molecule has 6 unspecified atom stereocenters. The number of nitrogens with two attached hydrogens (primary N) is 1. The molecule has 4 rings (SSSR count). The standard InChI is InChI=1S/C23H31N5O8/c1-12-4-2-5-13(21(31)25-12)26-22(32)15-6-3-7-18(35-15)36-19(20(24)30)14-8-9-17(34-14)28-11-10-16(29)27-23(28)33/h6,10-14,17-19H,2-5,7-9H2,1H3,(H2,24,30)(H,25,31)(H,26,32)(H,27,29,33). The molecule has 196 valence electrons. The Morgan fingerprint density at radius 2 is 2.00 bits per heavy atom. The summed E-state index contributed by atoms with van der Waals surface area (Å²) in [6.45, 7) is 1.92. The first kappa shape index (κ1) is 25.6. The van der Waals surface area contributed by atoms with Crippen LogP contribution in [0.4, 0.5) is 0 Å². The van der Waals surface area contributed by atoms with Crippen LogP contribution < -0.4 is 27.6 Å². The van der Waals surface area contributed by atoms with Crippen molar-refractivity contribution in [3.05, 3.63) is 44.9 Å². The fourth-order valence-electron chi connectivity index (χ4n) is 4.61. The van der Waals surface area contributed by atoms with Gasteiger partial charge in [-0.25, -0.2) is 4.79 Å². The second-order valence-corrected chi connectivity index (χ2v) is 9.24. The summed E-state index contributed by atoms with van der Waals surface area (Å²) in [5.74, 6) is -1.54. The summed E-state index contributed by atoms with van der Waals surface area (Å²) in [6.07, 6.45) is 3.10. The van der Waals surface area contributed by atoms with Crippen LogP contribution in [0.5, 0.6) is 0 Å². The van der Waals surface area contributed by atoms with Gasteiger partial charge in [-0.2, -0.15) is 0 Å². The van der Waals surface area contributed by atoms with E-state index in [1.807, 2.05) is 6.92 Å². The van der Waals surface area contributed by atoms with Crippen LogP contribution in [0.15, 0.2) is 33.7 Å².